The number of fused-ring (bicyclic) bond motifs is 1. The van der Waals surface area contributed by atoms with Gasteiger partial charge in [0, 0.05) is 5.56 Å². The Kier molecular flexibility index (Phi) is 5.29. The van der Waals surface area contributed by atoms with E-state index in [1.807, 2.05) is 54.6 Å². The van der Waals surface area contributed by atoms with Crippen LogP contribution in [0.5, 0.6) is 11.5 Å². The number of methoxy groups -OCH3 is 1. The van der Waals surface area contributed by atoms with Crippen LogP contribution >= 0.6 is 0 Å². The Labute approximate surface area is 165 Å². The van der Waals surface area contributed by atoms with Gasteiger partial charge in [0.2, 0.25) is 0 Å². The predicted octanol–water partition coefficient (Wildman–Crippen LogP) is 5.35. The predicted molar refractivity (Wildman–Crippen MR) is 113 cm³/mol. The Morgan fingerprint density at radius 1 is 0.857 bits per heavy atom. The number of hydrogen-bond acceptors (Lipinski definition) is 3. The van der Waals surface area contributed by atoms with Gasteiger partial charge in [-0.25, -0.2) is 4.98 Å². The molecule has 0 bridgehead atoms. The SMILES string of the molecule is CCc1ccc(OCCn2c(-c3ccc(OC)cc3)nc3ccccc32)cc1. The highest BCUT2D eigenvalue weighted by Crippen LogP contribution is 2.26. The van der Waals surface area contributed by atoms with Crippen molar-refractivity contribution in [1.29, 1.82) is 0 Å². The Morgan fingerprint density at radius 2 is 1.57 bits per heavy atom. The van der Waals surface area contributed by atoms with E-state index < -0.39 is 0 Å². The lowest BCUT2D eigenvalue weighted by Gasteiger charge is -2.11. The summed E-state index contributed by atoms with van der Waals surface area (Å²) in [6, 6.07) is 24.5. The summed E-state index contributed by atoms with van der Waals surface area (Å²) in [5.41, 5.74) is 4.47. The van der Waals surface area contributed by atoms with Gasteiger partial charge in [-0.05, 0) is 60.5 Å². The second kappa shape index (κ2) is 8.17. The highest BCUT2D eigenvalue weighted by atomic mass is 16.5. The maximum atomic E-state index is 5.99. The summed E-state index contributed by atoms with van der Waals surface area (Å²) in [5.74, 6) is 2.67. The quantitative estimate of drug-likeness (QED) is 0.438. The number of benzene rings is 3. The summed E-state index contributed by atoms with van der Waals surface area (Å²) < 4.78 is 13.5. The smallest absolute Gasteiger partial charge is 0.141 e. The number of imidazole rings is 1. The van der Waals surface area contributed by atoms with E-state index in [1.165, 1.54) is 5.56 Å². The second-order valence-corrected chi connectivity index (χ2v) is 6.65. The molecule has 1 heterocycles. The molecule has 0 unspecified atom stereocenters. The molecule has 0 aliphatic carbocycles. The molecule has 0 saturated heterocycles. The summed E-state index contributed by atoms with van der Waals surface area (Å²) >= 11 is 0. The van der Waals surface area contributed by atoms with Crippen LogP contribution in [0.2, 0.25) is 0 Å². The molecule has 4 aromatic rings. The van der Waals surface area contributed by atoms with Crippen LogP contribution in [-0.2, 0) is 13.0 Å². The number of ether oxygens (including phenoxy) is 2. The van der Waals surface area contributed by atoms with E-state index in [2.05, 4.69) is 29.7 Å². The van der Waals surface area contributed by atoms with E-state index in [0.717, 1.165) is 46.9 Å². The monoisotopic (exact) mass is 372 g/mol. The standard InChI is InChI=1S/C24H24N2O2/c1-3-18-8-12-21(13-9-18)28-17-16-26-23-7-5-4-6-22(23)25-24(26)19-10-14-20(27-2)15-11-19/h4-15H,3,16-17H2,1-2H3. The zero-order chi connectivity index (χ0) is 19.3. The zero-order valence-electron chi connectivity index (χ0n) is 16.3. The van der Waals surface area contributed by atoms with Crippen molar-refractivity contribution in [3.63, 3.8) is 0 Å². The second-order valence-electron chi connectivity index (χ2n) is 6.65. The first-order valence-electron chi connectivity index (χ1n) is 9.60. The first-order chi connectivity index (χ1) is 13.8. The average molecular weight is 372 g/mol. The van der Waals surface area contributed by atoms with Gasteiger partial charge in [-0.15, -0.1) is 0 Å². The van der Waals surface area contributed by atoms with Gasteiger partial charge in [0.1, 0.15) is 23.9 Å². The normalized spacial score (nSPS) is 10.9. The molecule has 142 valence electrons. The molecule has 0 radical (unpaired) electrons. The number of aromatic nitrogens is 2. The average Bonchev–Trinajstić information content (AvgIpc) is 3.13. The largest absolute Gasteiger partial charge is 0.497 e. The van der Waals surface area contributed by atoms with Gasteiger partial charge in [-0.1, -0.05) is 31.2 Å². The molecule has 0 N–H and O–H groups in total. The van der Waals surface area contributed by atoms with Crippen molar-refractivity contribution in [2.24, 2.45) is 0 Å². The van der Waals surface area contributed by atoms with E-state index in [-0.39, 0.29) is 0 Å². The Balaban J connectivity index is 1.59. The molecule has 4 nitrogen and oxygen atoms in total. The molecule has 0 fully saturated rings. The summed E-state index contributed by atoms with van der Waals surface area (Å²) in [4.78, 5) is 4.85. The van der Waals surface area contributed by atoms with Crippen LogP contribution in [0.1, 0.15) is 12.5 Å². The van der Waals surface area contributed by atoms with E-state index in [0.29, 0.717) is 6.61 Å². The van der Waals surface area contributed by atoms with Crippen molar-refractivity contribution in [2.45, 2.75) is 19.9 Å². The minimum absolute atomic E-state index is 0.578. The van der Waals surface area contributed by atoms with Gasteiger partial charge in [0.25, 0.3) is 0 Å². The van der Waals surface area contributed by atoms with Crippen LogP contribution in [0.4, 0.5) is 0 Å². The van der Waals surface area contributed by atoms with Crippen molar-refractivity contribution in [1.82, 2.24) is 9.55 Å². The maximum Gasteiger partial charge on any atom is 0.141 e. The van der Waals surface area contributed by atoms with Crippen molar-refractivity contribution >= 4 is 11.0 Å². The Hall–Kier alpha value is -3.27. The van der Waals surface area contributed by atoms with Gasteiger partial charge in [0.15, 0.2) is 0 Å². The minimum atomic E-state index is 0.578. The minimum Gasteiger partial charge on any atom is -0.497 e. The number of rotatable bonds is 7. The highest BCUT2D eigenvalue weighted by Gasteiger charge is 2.12. The van der Waals surface area contributed by atoms with E-state index in [9.17, 15) is 0 Å². The molecule has 28 heavy (non-hydrogen) atoms. The Morgan fingerprint density at radius 3 is 2.29 bits per heavy atom. The number of aryl methyl sites for hydroxylation is 1. The number of para-hydroxylation sites is 2. The van der Waals surface area contributed by atoms with E-state index >= 15 is 0 Å². The molecule has 0 aliphatic rings. The fourth-order valence-electron chi connectivity index (χ4n) is 3.34. The van der Waals surface area contributed by atoms with Crippen LogP contribution in [0.15, 0.2) is 72.8 Å². The molecule has 3 aromatic carbocycles. The molecule has 1 aromatic heterocycles. The number of hydrogen-bond donors (Lipinski definition) is 0. The zero-order valence-corrected chi connectivity index (χ0v) is 16.3. The molecule has 0 atom stereocenters. The summed E-state index contributed by atoms with van der Waals surface area (Å²) in [5, 5.41) is 0. The van der Waals surface area contributed by atoms with Crippen molar-refractivity contribution in [2.75, 3.05) is 13.7 Å². The molecule has 4 heteroatoms. The third kappa shape index (κ3) is 3.72. The number of nitrogens with zero attached hydrogens (tertiary/aromatic N) is 2. The summed E-state index contributed by atoms with van der Waals surface area (Å²) in [6.45, 7) is 3.45. The summed E-state index contributed by atoms with van der Waals surface area (Å²) in [7, 11) is 1.68. The highest BCUT2D eigenvalue weighted by molar-refractivity contribution is 5.80. The third-order valence-electron chi connectivity index (χ3n) is 4.92. The lowest BCUT2D eigenvalue weighted by atomic mass is 10.2. The van der Waals surface area contributed by atoms with Gasteiger partial charge in [0.05, 0.1) is 24.7 Å². The van der Waals surface area contributed by atoms with Crippen LogP contribution in [0.25, 0.3) is 22.4 Å². The first kappa shape index (κ1) is 18.1. The van der Waals surface area contributed by atoms with Gasteiger partial charge < -0.3 is 14.0 Å². The van der Waals surface area contributed by atoms with Crippen molar-refractivity contribution < 1.29 is 9.47 Å². The maximum absolute atomic E-state index is 5.99. The lowest BCUT2D eigenvalue weighted by Crippen LogP contribution is -2.09. The van der Waals surface area contributed by atoms with Crippen molar-refractivity contribution in [3.8, 4) is 22.9 Å². The molecule has 4 rings (SSSR count). The van der Waals surface area contributed by atoms with Crippen LogP contribution in [-0.4, -0.2) is 23.3 Å². The first-order valence-corrected chi connectivity index (χ1v) is 9.60. The molecule has 0 saturated carbocycles. The van der Waals surface area contributed by atoms with Gasteiger partial charge >= 0.3 is 0 Å². The topological polar surface area (TPSA) is 36.3 Å². The van der Waals surface area contributed by atoms with E-state index in [4.69, 9.17) is 14.5 Å². The molecule has 0 aliphatic heterocycles. The molecular weight excluding hydrogens is 348 g/mol. The Bertz CT molecular complexity index is 1050. The van der Waals surface area contributed by atoms with Crippen LogP contribution in [0.3, 0.4) is 0 Å². The van der Waals surface area contributed by atoms with Crippen LogP contribution in [0, 0.1) is 0 Å². The summed E-state index contributed by atoms with van der Waals surface area (Å²) in [6.07, 6.45) is 1.03. The molecular formula is C24H24N2O2. The van der Waals surface area contributed by atoms with Crippen molar-refractivity contribution in [3.05, 3.63) is 78.4 Å². The van der Waals surface area contributed by atoms with Crippen LogP contribution < -0.4 is 9.47 Å². The van der Waals surface area contributed by atoms with E-state index in [1.54, 1.807) is 7.11 Å². The third-order valence-corrected chi connectivity index (χ3v) is 4.92. The molecule has 0 spiro atoms. The fourth-order valence-corrected chi connectivity index (χ4v) is 3.34. The molecule has 0 amide bonds. The van der Waals surface area contributed by atoms with Gasteiger partial charge in [-0.2, -0.15) is 0 Å². The lowest BCUT2D eigenvalue weighted by molar-refractivity contribution is 0.301. The van der Waals surface area contributed by atoms with Gasteiger partial charge in [-0.3, -0.25) is 0 Å². The fraction of sp³-hybridized carbons (Fsp3) is 0.208.